The highest BCUT2D eigenvalue weighted by Crippen LogP contribution is 2.02. The number of nitrogens with one attached hydrogen (secondary N) is 1. The number of hydrogen-bond donors (Lipinski definition) is 3. The van der Waals surface area contributed by atoms with Crippen LogP contribution in [0.3, 0.4) is 0 Å². The molecule has 0 radical (unpaired) electrons. The Hall–Kier alpha value is -1.24. The van der Waals surface area contributed by atoms with E-state index in [9.17, 15) is 14.4 Å². The Labute approximate surface area is 97.4 Å². The summed E-state index contributed by atoms with van der Waals surface area (Å²) < 4.78 is 0. The fourth-order valence-corrected chi connectivity index (χ4v) is 1.45. The SMILES string of the molecule is CSCC[C@@H](NC(=O)CCC(=O)O)C(=O)O. The van der Waals surface area contributed by atoms with Crippen molar-refractivity contribution in [1.82, 2.24) is 5.32 Å². The molecule has 1 atom stereocenters. The highest BCUT2D eigenvalue weighted by atomic mass is 32.2. The lowest BCUT2D eigenvalue weighted by atomic mass is 10.2. The number of hydrogen-bond acceptors (Lipinski definition) is 4. The number of amides is 1. The Balaban J connectivity index is 4.02. The fraction of sp³-hybridized carbons (Fsp3) is 0.667. The molecule has 92 valence electrons. The third-order valence-electron chi connectivity index (χ3n) is 1.81. The largest absolute Gasteiger partial charge is 0.481 e. The maximum Gasteiger partial charge on any atom is 0.326 e. The average Bonchev–Trinajstić information content (AvgIpc) is 2.20. The number of thioether (sulfide) groups is 1. The predicted octanol–water partition coefficient (Wildman–Crippen LogP) is 0.174. The van der Waals surface area contributed by atoms with Gasteiger partial charge in [-0.15, -0.1) is 0 Å². The van der Waals surface area contributed by atoms with Crippen LogP contribution in [0.5, 0.6) is 0 Å². The molecule has 0 fully saturated rings. The second kappa shape index (κ2) is 7.98. The third-order valence-corrected chi connectivity index (χ3v) is 2.45. The monoisotopic (exact) mass is 249 g/mol. The molecule has 3 N–H and O–H groups in total. The summed E-state index contributed by atoms with van der Waals surface area (Å²) in [5.41, 5.74) is 0. The summed E-state index contributed by atoms with van der Waals surface area (Å²) in [6.45, 7) is 0. The molecule has 1 amide bonds. The lowest BCUT2D eigenvalue weighted by Crippen LogP contribution is -2.41. The predicted molar refractivity (Wildman–Crippen MR) is 59.4 cm³/mol. The molecule has 0 aliphatic rings. The zero-order valence-electron chi connectivity index (χ0n) is 8.93. The van der Waals surface area contributed by atoms with Gasteiger partial charge in [0.15, 0.2) is 0 Å². The van der Waals surface area contributed by atoms with Gasteiger partial charge in [0.1, 0.15) is 6.04 Å². The van der Waals surface area contributed by atoms with Crippen molar-refractivity contribution >= 4 is 29.6 Å². The van der Waals surface area contributed by atoms with Gasteiger partial charge in [-0.1, -0.05) is 0 Å². The number of carboxylic acids is 2. The first-order chi connectivity index (χ1) is 7.47. The van der Waals surface area contributed by atoms with E-state index in [2.05, 4.69) is 5.32 Å². The molecule has 0 spiro atoms. The molecule has 0 aliphatic carbocycles. The van der Waals surface area contributed by atoms with E-state index in [1.807, 2.05) is 6.26 Å². The Kier molecular flexibility index (Phi) is 7.36. The lowest BCUT2D eigenvalue weighted by Gasteiger charge is -2.13. The fourth-order valence-electron chi connectivity index (χ4n) is 0.980. The number of rotatable bonds is 8. The van der Waals surface area contributed by atoms with Gasteiger partial charge in [-0.2, -0.15) is 11.8 Å². The lowest BCUT2D eigenvalue weighted by molar-refractivity contribution is -0.142. The van der Waals surface area contributed by atoms with Crippen molar-refractivity contribution in [1.29, 1.82) is 0 Å². The van der Waals surface area contributed by atoms with Crippen LogP contribution in [0.1, 0.15) is 19.3 Å². The van der Waals surface area contributed by atoms with Gasteiger partial charge in [0.05, 0.1) is 6.42 Å². The molecule has 0 aromatic heterocycles. The first kappa shape index (κ1) is 14.8. The summed E-state index contributed by atoms with van der Waals surface area (Å²) in [7, 11) is 0. The Morgan fingerprint density at radius 1 is 1.25 bits per heavy atom. The standard InChI is InChI=1S/C9H15NO5S/c1-16-5-4-6(9(14)15)10-7(11)2-3-8(12)13/h6H,2-5H2,1H3,(H,10,11)(H,12,13)(H,14,15)/t6-/m1/s1. The third kappa shape index (κ3) is 7.10. The van der Waals surface area contributed by atoms with Crippen molar-refractivity contribution in [2.75, 3.05) is 12.0 Å². The molecular weight excluding hydrogens is 234 g/mol. The summed E-state index contributed by atoms with van der Waals surface area (Å²) in [6.07, 6.45) is 1.68. The highest BCUT2D eigenvalue weighted by Gasteiger charge is 2.19. The van der Waals surface area contributed by atoms with E-state index in [0.29, 0.717) is 12.2 Å². The van der Waals surface area contributed by atoms with Crippen LogP contribution < -0.4 is 5.32 Å². The summed E-state index contributed by atoms with van der Waals surface area (Å²) in [4.78, 5) is 32.1. The normalized spacial score (nSPS) is 11.8. The molecule has 0 aliphatic heterocycles. The zero-order valence-corrected chi connectivity index (χ0v) is 9.75. The van der Waals surface area contributed by atoms with Crippen LogP contribution in [0.4, 0.5) is 0 Å². The average molecular weight is 249 g/mol. The van der Waals surface area contributed by atoms with Gasteiger partial charge in [-0.05, 0) is 18.4 Å². The molecule has 0 heterocycles. The minimum atomic E-state index is -1.10. The van der Waals surface area contributed by atoms with Crippen LogP contribution >= 0.6 is 11.8 Å². The van der Waals surface area contributed by atoms with Crippen molar-refractivity contribution in [3.63, 3.8) is 0 Å². The van der Waals surface area contributed by atoms with Gasteiger partial charge >= 0.3 is 11.9 Å². The summed E-state index contributed by atoms with van der Waals surface area (Å²) in [5.74, 6) is -2.10. The second-order valence-corrected chi connectivity index (χ2v) is 4.12. The van der Waals surface area contributed by atoms with Crippen molar-refractivity contribution < 1.29 is 24.6 Å². The smallest absolute Gasteiger partial charge is 0.326 e. The van der Waals surface area contributed by atoms with Gasteiger partial charge < -0.3 is 15.5 Å². The second-order valence-electron chi connectivity index (χ2n) is 3.13. The molecule has 0 saturated heterocycles. The first-order valence-electron chi connectivity index (χ1n) is 4.70. The molecule has 6 nitrogen and oxygen atoms in total. The van der Waals surface area contributed by atoms with Crippen molar-refractivity contribution in [2.45, 2.75) is 25.3 Å². The van der Waals surface area contributed by atoms with Gasteiger partial charge in [-0.3, -0.25) is 9.59 Å². The van der Waals surface area contributed by atoms with Crippen LogP contribution in [0, 0.1) is 0 Å². The molecule has 0 saturated carbocycles. The number of aliphatic carboxylic acids is 2. The number of carbonyl (C=O) groups is 3. The van der Waals surface area contributed by atoms with Crippen LogP contribution in [0.25, 0.3) is 0 Å². The summed E-state index contributed by atoms with van der Waals surface area (Å²) >= 11 is 1.48. The minimum absolute atomic E-state index is 0.196. The van der Waals surface area contributed by atoms with E-state index in [1.165, 1.54) is 11.8 Å². The molecule has 7 heteroatoms. The summed E-state index contributed by atoms with van der Waals surface area (Å²) in [6, 6.07) is -0.936. The molecule has 0 unspecified atom stereocenters. The molecule has 0 aromatic rings. The minimum Gasteiger partial charge on any atom is -0.481 e. The van der Waals surface area contributed by atoms with Gasteiger partial charge in [0.25, 0.3) is 0 Å². The molecule has 0 rings (SSSR count). The van der Waals surface area contributed by atoms with Crippen LogP contribution in [0.15, 0.2) is 0 Å². The van der Waals surface area contributed by atoms with E-state index in [4.69, 9.17) is 10.2 Å². The Morgan fingerprint density at radius 3 is 2.31 bits per heavy atom. The summed E-state index contributed by atoms with van der Waals surface area (Å²) in [5, 5.41) is 19.4. The molecule has 0 bridgehead atoms. The quantitative estimate of drug-likeness (QED) is 0.566. The van der Waals surface area contributed by atoms with Gasteiger partial charge in [0.2, 0.25) is 5.91 Å². The maximum absolute atomic E-state index is 11.2. The van der Waals surface area contributed by atoms with E-state index in [1.54, 1.807) is 0 Å². The van der Waals surface area contributed by atoms with E-state index < -0.39 is 23.9 Å². The molecular formula is C9H15NO5S. The van der Waals surface area contributed by atoms with E-state index in [-0.39, 0.29) is 12.8 Å². The van der Waals surface area contributed by atoms with Crippen molar-refractivity contribution in [3.8, 4) is 0 Å². The van der Waals surface area contributed by atoms with Gasteiger partial charge in [0, 0.05) is 6.42 Å². The zero-order chi connectivity index (χ0) is 12.6. The maximum atomic E-state index is 11.2. The Bertz CT molecular complexity index is 269. The number of carboxylic acid groups (broad SMARTS) is 2. The highest BCUT2D eigenvalue weighted by molar-refractivity contribution is 7.98. The van der Waals surface area contributed by atoms with Crippen molar-refractivity contribution in [3.05, 3.63) is 0 Å². The van der Waals surface area contributed by atoms with E-state index >= 15 is 0 Å². The van der Waals surface area contributed by atoms with Crippen LogP contribution in [-0.4, -0.2) is 46.1 Å². The molecule has 0 aromatic carbocycles. The first-order valence-corrected chi connectivity index (χ1v) is 6.09. The van der Waals surface area contributed by atoms with E-state index in [0.717, 1.165) is 0 Å². The van der Waals surface area contributed by atoms with Crippen LogP contribution in [-0.2, 0) is 14.4 Å². The number of carbonyl (C=O) groups excluding carboxylic acids is 1. The van der Waals surface area contributed by atoms with Crippen LogP contribution in [0.2, 0.25) is 0 Å². The van der Waals surface area contributed by atoms with Gasteiger partial charge in [-0.25, -0.2) is 4.79 Å². The Morgan fingerprint density at radius 2 is 1.88 bits per heavy atom. The topological polar surface area (TPSA) is 104 Å². The van der Waals surface area contributed by atoms with Crippen molar-refractivity contribution in [2.24, 2.45) is 0 Å². The molecule has 16 heavy (non-hydrogen) atoms.